The van der Waals surface area contributed by atoms with Crippen LogP contribution in [0, 0.1) is 5.82 Å². The molecule has 3 heterocycles. The van der Waals surface area contributed by atoms with Gasteiger partial charge >= 0.3 is 0 Å². The SMILES string of the molecule is O=c1cc(-c2ccncc2)nc2n1CCCN2CCc1ccc(F)cc1Cl. The number of rotatable bonds is 4. The highest BCUT2D eigenvalue weighted by atomic mass is 35.5. The minimum absolute atomic E-state index is 0.0590. The molecule has 0 N–H and O–H groups in total. The molecule has 5 nitrogen and oxygen atoms in total. The number of benzene rings is 1. The molecule has 0 saturated heterocycles. The lowest BCUT2D eigenvalue weighted by Crippen LogP contribution is -2.39. The molecule has 0 spiro atoms. The molecule has 0 saturated carbocycles. The summed E-state index contributed by atoms with van der Waals surface area (Å²) >= 11 is 6.14. The summed E-state index contributed by atoms with van der Waals surface area (Å²) in [6.45, 7) is 2.12. The van der Waals surface area contributed by atoms with Crippen LogP contribution in [-0.4, -0.2) is 27.6 Å². The van der Waals surface area contributed by atoms with Crippen LogP contribution in [0.1, 0.15) is 12.0 Å². The molecule has 0 amide bonds. The predicted molar refractivity (Wildman–Crippen MR) is 104 cm³/mol. The van der Waals surface area contributed by atoms with Crippen molar-refractivity contribution < 1.29 is 4.39 Å². The number of pyridine rings is 1. The van der Waals surface area contributed by atoms with Crippen LogP contribution in [0.2, 0.25) is 5.02 Å². The molecular weight excluding hydrogens is 367 g/mol. The van der Waals surface area contributed by atoms with Crippen molar-refractivity contribution in [1.29, 1.82) is 0 Å². The number of hydrogen-bond acceptors (Lipinski definition) is 4. The molecule has 4 rings (SSSR count). The zero-order valence-corrected chi connectivity index (χ0v) is 15.4. The van der Waals surface area contributed by atoms with Crippen molar-refractivity contribution in [3.05, 3.63) is 75.5 Å². The highest BCUT2D eigenvalue weighted by Gasteiger charge is 2.21. The summed E-state index contributed by atoms with van der Waals surface area (Å²) in [6.07, 6.45) is 4.89. The van der Waals surface area contributed by atoms with Gasteiger partial charge in [0.15, 0.2) is 0 Å². The molecule has 1 aliphatic heterocycles. The fourth-order valence-corrected chi connectivity index (χ4v) is 3.59. The average molecular weight is 385 g/mol. The van der Waals surface area contributed by atoms with Crippen LogP contribution in [0.15, 0.2) is 53.6 Å². The van der Waals surface area contributed by atoms with E-state index in [1.807, 2.05) is 12.1 Å². The van der Waals surface area contributed by atoms with Crippen LogP contribution in [0.4, 0.5) is 10.3 Å². The van der Waals surface area contributed by atoms with E-state index >= 15 is 0 Å². The van der Waals surface area contributed by atoms with Gasteiger partial charge in [-0.25, -0.2) is 9.37 Å². The van der Waals surface area contributed by atoms with Crippen molar-refractivity contribution in [2.45, 2.75) is 19.4 Å². The van der Waals surface area contributed by atoms with Gasteiger partial charge in [0.2, 0.25) is 5.95 Å². The van der Waals surface area contributed by atoms with Gasteiger partial charge in [0, 0.05) is 48.7 Å². The molecule has 1 aromatic carbocycles. The van der Waals surface area contributed by atoms with Crippen molar-refractivity contribution in [3.63, 3.8) is 0 Å². The van der Waals surface area contributed by atoms with Gasteiger partial charge in [-0.3, -0.25) is 14.3 Å². The van der Waals surface area contributed by atoms with Crippen molar-refractivity contribution in [2.75, 3.05) is 18.0 Å². The summed E-state index contributed by atoms with van der Waals surface area (Å²) in [4.78, 5) is 23.4. The highest BCUT2D eigenvalue weighted by molar-refractivity contribution is 6.31. The van der Waals surface area contributed by atoms with E-state index in [4.69, 9.17) is 16.6 Å². The molecular formula is C20H18ClFN4O. The molecule has 0 unspecified atom stereocenters. The Labute approximate surface area is 161 Å². The molecule has 27 heavy (non-hydrogen) atoms. The maximum absolute atomic E-state index is 13.2. The van der Waals surface area contributed by atoms with Gasteiger partial charge in [-0.1, -0.05) is 17.7 Å². The largest absolute Gasteiger partial charge is 0.342 e. The fourth-order valence-electron chi connectivity index (χ4n) is 3.33. The Morgan fingerprint density at radius 2 is 1.93 bits per heavy atom. The van der Waals surface area contributed by atoms with Gasteiger partial charge in [0.05, 0.1) is 5.69 Å². The zero-order valence-electron chi connectivity index (χ0n) is 14.6. The number of nitrogens with zero attached hydrogens (tertiary/aromatic N) is 4. The number of anilines is 1. The smallest absolute Gasteiger partial charge is 0.255 e. The Morgan fingerprint density at radius 1 is 1.11 bits per heavy atom. The topological polar surface area (TPSA) is 51.0 Å². The Balaban J connectivity index is 1.64. The second kappa shape index (κ2) is 7.48. The third-order valence-electron chi connectivity index (χ3n) is 4.72. The van der Waals surface area contributed by atoms with E-state index in [1.165, 1.54) is 12.1 Å². The quantitative estimate of drug-likeness (QED) is 0.690. The molecule has 0 atom stereocenters. The Morgan fingerprint density at radius 3 is 2.70 bits per heavy atom. The van der Waals surface area contributed by atoms with Gasteiger partial charge in [0.25, 0.3) is 5.56 Å². The van der Waals surface area contributed by atoms with Crippen LogP contribution in [0.25, 0.3) is 11.3 Å². The average Bonchev–Trinajstić information content (AvgIpc) is 2.68. The molecule has 1 aliphatic rings. The lowest BCUT2D eigenvalue weighted by atomic mass is 10.1. The van der Waals surface area contributed by atoms with Crippen LogP contribution in [0.5, 0.6) is 0 Å². The Kier molecular flexibility index (Phi) is 4.90. The molecule has 0 radical (unpaired) electrons. The first-order chi connectivity index (χ1) is 13.1. The van der Waals surface area contributed by atoms with Gasteiger partial charge in [-0.2, -0.15) is 0 Å². The summed E-state index contributed by atoms with van der Waals surface area (Å²) in [6, 6.07) is 9.68. The Hall–Kier alpha value is -2.73. The summed E-state index contributed by atoms with van der Waals surface area (Å²) in [7, 11) is 0. The summed E-state index contributed by atoms with van der Waals surface area (Å²) in [5.74, 6) is 0.320. The number of fused-ring (bicyclic) bond motifs is 1. The number of aromatic nitrogens is 3. The van der Waals surface area contributed by atoms with Gasteiger partial charge in [0.1, 0.15) is 5.82 Å². The molecule has 138 valence electrons. The van der Waals surface area contributed by atoms with E-state index in [-0.39, 0.29) is 11.4 Å². The van der Waals surface area contributed by atoms with Gasteiger partial charge < -0.3 is 4.90 Å². The number of halogens is 2. The van der Waals surface area contributed by atoms with Crippen LogP contribution in [-0.2, 0) is 13.0 Å². The van der Waals surface area contributed by atoms with Crippen molar-refractivity contribution in [2.24, 2.45) is 0 Å². The van der Waals surface area contributed by atoms with E-state index in [1.54, 1.807) is 29.1 Å². The highest BCUT2D eigenvalue weighted by Crippen LogP contribution is 2.23. The molecule has 7 heteroatoms. The Bertz CT molecular complexity index is 1020. The van der Waals surface area contributed by atoms with E-state index in [2.05, 4.69) is 9.88 Å². The minimum Gasteiger partial charge on any atom is -0.342 e. The van der Waals surface area contributed by atoms with Crippen molar-refractivity contribution in [3.8, 4) is 11.3 Å². The van der Waals surface area contributed by atoms with E-state index in [9.17, 15) is 9.18 Å². The lowest BCUT2D eigenvalue weighted by molar-refractivity contribution is 0.532. The lowest BCUT2D eigenvalue weighted by Gasteiger charge is -2.31. The summed E-state index contributed by atoms with van der Waals surface area (Å²) in [5.41, 5.74) is 2.32. The third-order valence-corrected chi connectivity index (χ3v) is 5.07. The van der Waals surface area contributed by atoms with E-state index < -0.39 is 0 Å². The first-order valence-corrected chi connectivity index (χ1v) is 9.21. The fraction of sp³-hybridized carbons (Fsp3) is 0.250. The van der Waals surface area contributed by atoms with Gasteiger partial charge in [-0.05, 0) is 42.7 Å². The maximum Gasteiger partial charge on any atom is 0.255 e. The van der Waals surface area contributed by atoms with Crippen molar-refractivity contribution >= 4 is 17.5 Å². The molecule has 3 aromatic rings. The van der Waals surface area contributed by atoms with E-state index in [0.717, 1.165) is 24.1 Å². The van der Waals surface area contributed by atoms with Crippen LogP contribution < -0.4 is 10.5 Å². The van der Waals surface area contributed by atoms with Crippen LogP contribution in [0.3, 0.4) is 0 Å². The summed E-state index contributed by atoms with van der Waals surface area (Å²) in [5, 5.41) is 0.419. The number of hydrogen-bond donors (Lipinski definition) is 0. The minimum atomic E-state index is -0.345. The van der Waals surface area contributed by atoms with Crippen molar-refractivity contribution in [1.82, 2.24) is 14.5 Å². The molecule has 0 aliphatic carbocycles. The second-order valence-electron chi connectivity index (χ2n) is 6.49. The first kappa shape index (κ1) is 17.7. The second-order valence-corrected chi connectivity index (χ2v) is 6.90. The first-order valence-electron chi connectivity index (χ1n) is 8.83. The maximum atomic E-state index is 13.2. The van der Waals surface area contributed by atoms with Gasteiger partial charge in [-0.15, -0.1) is 0 Å². The zero-order chi connectivity index (χ0) is 18.8. The summed E-state index contributed by atoms with van der Waals surface area (Å²) < 4.78 is 15.0. The predicted octanol–water partition coefficient (Wildman–Crippen LogP) is 3.55. The molecule has 0 fully saturated rings. The normalized spacial score (nSPS) is 13.5. The van der Waals surface area contributed by atoms with E-state index in [0.29, 0.717) is 36.2 Å². The third kappa shape index (κ3) is 3.71. The standard InChI is InChI=1S/C20H18ClFN4O/c21-17-12-16(22)3-2-14(17)6-11-25-9-1-10-26-19(27)13-18(24-20(25)26)15-4-7-23-8-5-15/h2-5,7-8,12-13H,1,6,9-11H2. The molecule has 2 aromatic heterocycles. The molecule has 0 bridgehead atoms. The monoisotopic (exact) mass is 384 g/mol. The van der Waals surface area contributed by atoms with Crippen LogP contribution >= 0.6 is 11.6 Å².